The van der Waals surface area contributed by atoms with Gasteiger partial charge in [0.1, 0.15) is 0 Å². The first-order valence-corrected chi connectivity index (χ1v) is 3.68. The summed E-state index contributed by atoms with van der Waals surface area (Å²) in [5.41, 5.74) is 0. The van der Waals surface area contributed by atoms with E-state index >= 15 is 0 Å². The smallest absolute Gasteiger partial charge is 0.220 e. The van der Waals surface area contributed by atoms with E-state index in [4.69, 9.17) is 5.11 Å². The lowest BCUT2D eigenvalue weighted by molar-refractivity contribution is -0.119. The summed E-state index contributed by atoms with van der Waals surface area (Å²) in [6.07, 6.45) is 1.55. The van der Waals surface area contributed by atoms with Crippen molar-refractivity contribution < 1.29 is 9.90 Å². The molecule has 0 bridgehead atoms. The lowest BCUT2D eigenvalue weighted by Gasteiger charge is -2.12. The zero-order valence-corrected chi connectivity index (χ0v) is 6.13. The average Bonchev–Trinajstić information content (AvgIpc) is 2.30. The second-order valence-electron chi connectivity index (χ2n) is 2.73. The Kier molecular flexibility index (Phi) is 2.27. The highest BCUT2D eigenvalue weighted by Crippen LogP contribution is 2.18. The van der Waals surface area contributed by atoms with Gasteiger partial charge in [0, 0.05) is 6.42 Å². The molecule has 1 heterocycles. The Balaban J connectivity index is 2.48. The van der Waals surface area contributed by atoms with E-state index in [9.17, 15) is 4.79 Å². The summed E-state index contributed by atoms with van der Waals surface area (Å²) in [6.45, 7) is 2.11. The highest BCUT2D eigenvalue weighted by Gasteiger charge is 2.29. The van der Waals surface area contributed by atoms with Crippen molar-refractivity contribution in [2.24, 2.45) is 5.92 Å². The zero-order valence-electron chi connectivity index (χ0n) is 6.13. The quantitative estimate of drug-likeness (QED) is 0.566. The first kappa shape index (κ1) is 7.54. The summed E-state index contributed by atoms with van der Waals surface area (Å²) in [5.74, 6) is 0.420. The minimum atomic E-state index is 0.0116. The standard InChI is InChI=1S/C7H13NO2/c1-2-5-3-7(10)8-6(5)4-9/h5-6,9H,2-4H2,1H3,(H,8,10)/t5-,6?/m1/s1. The monoisotopic (exact) mass is 143 g/mol. The van der Waals surface area contributed by atoms with Gasteiger partial charge in [0.05, 0.1) is 12.6 Å². The van der Waals surface area contributed by atoms with Crippen molar-refractivity contribution in [2.75, 3.05) is 6.61 Å². The van der Waals surface area contributed by atoms with E-state index in [2.05, 4.69) is 5.32 Å². The van der Waals surface area contributed by atoms with Crippen LogP contribution in [0.3, 0.4) is 0 Å². The van der Waals surface area contributed by atoms with Crippen molar-refractivity contribution in [3.8, 4) is 0 Å². The molecule has 0 radical (unpaired) electrons. The number of rotatable bonds is 2. The maximum absolute atomic E-state index is 10.8. The van der Waals surface area contributed by atoms with Crippen LogP contribution in [0.25, 0.3) is 0 Å². The molecule has 10 heavy (non-hydrogen) atoms. The summed E-state index contributed by atoms with van der Waals surface area (Å²) < 4.78 is 0. The molecule has 1 unspecified atom stereocenters. The minimum absolute atomic E-state index is 0.0116. The van der Waals surface area contributed by atoms with E-state index in [1.807, 2.05) is 6.92 Å². The third-order valence-electron chi connectivity index (χ3n) is 2.08. The molecule has 1 fully saturated rings. The Bertz CT molecular complexity index is 122. The molecule has 0 saturated carbocycles. The third-order valence-corrected chi connectivity index (χ3v) is 2.08. The lowest BCUT2D eigenvalue weighted by atomic mass is 9.99. The Labute approximate surface area is 60.4 Å². The van der Waals surface area contributed by atoms with Crippen LogP contribution in [0.1, 0.15) is 19.8 Å². The van der Waals surface area contributed by atoms with Gasteiger partial charge in [0.2, 0.25) is 5.91 Å². The second-order valence-corrected chi connectivity index (χ2v) is 2.73. The van der Waals surface area contributed by atoms with E-state index in [-0.39, 0.29) is 18.6 Å². The molecular weight excluding hydrogens is 130 g/mol. The highest BCUT2D eigenvalue weighted by molar-refractivity contribution is 5.79. The molecule has 1 saturated heterocycles. The van der Waals surface area contributed by atoms with Crippen LogP contribution in [0.15, 0.2) is 0 Å². The van der Waals surface area contributed by atoms with Crippen molar-refractivity contribution in [3.63, 3.8) is 0 Å². The zero-order chi connectivity index (χ0) is 7.56. The first-order valence-electron chi connectivity index (χ1n) is 3.68. The molecule has 0 aliphatic carbocycles. The molecule has 0 aromatic heterocycles. The molecule has 1 amide bonds. The number of hydrogen-bond donors (Lipinski definition) is 2. The van der Waals surface area contributed by atoms with Crippen LogP contribution in [0, 0.1) is 5.92 Å². The summed E-state index contributed by atoms with van der Waals surface area (Å²) in [6, 6.07) is 0.0116. The van der Waals surface area contributed by atoms with Gasteiger partial charge in [0.15, 0.2) is 0 Å². The molecule has 3 heteroatoms. The van der Waals surface area contributed by atoms with E-state index in [1.165, 1.54) is 0 Å². The molecule has 58 valence electrons. The Morgan fingerprint density at radius 2 is 2.50 bits per heavy atom. The van der Waals surface area contributed by atoms with E-state index < -0.39 is 0 Å². The number of carbonyl (C=O) groups excluding carboxylic acids is 1. The van der Waals surface area contributed by atoms with Crippen LogP contribution >= 0.6 is 0 Å². The third kappa shape index (κ3) is 1.29. The lowest BCUT2D eigenvalue weighted by Crippen LogP contribution is -2.32. The van der Waals surface area contributed by atoms with Gasteiger partial charge in [-0.05, 0) is 5.92 Å². The minimum Gasteiger partial charge on any atom is -0.394 e. The molecule has 0 aromatic rings. The van der Waals surface area contributed by atoms with Crippen LogP contribution in [0.4, 0.5) is 0 Å². The van der Waals surface area contributed by atoms with Crippen LogP contribution < -0.4 is 5.32 Å². The topological polar surface area (TPSA) is 49.3 Å². The maximum Gasteiger partial charge on any atom is 0.220 e. The van der Waals surface area contributed by atoms with E-state index in [0.717, 1.165) is 6.42 Å². The van der Waals surface area contributed by atoms with Gasteiger partial charge in [-0.1, -0.05) is 13.3 Å². The van der Waals surface area contributed by atoms with Gasteiger partial charge in [-0.15, -0.1) is 0 Å². The maximum atomic E-state index is 10.8. The molecule has 2 atom stereocenters. The molecular formula is C7H13NO2. The Hall–Kier alpha value is -0.570. The van der Waals surface area contributed by atoms with Crippen LogP contribution in [0.5, 0.6) is 0 Å². The van der Waals surface area contributed by atoms with Crippen LogP contribution in [0.2, 0.25) is 0 Å². The van der Waals surface area contributed by atoms with Crippen molar-refractivity contribution in [2.45, 2.75) is 25.8 Å². The normalized spacial score (nSPS) is 32.4. The number of aliphatic hydroxyl groups is 1. The Morgan fingerprint density at radius 3 is 2.90 bits per heavy atom. The summed E-state index contributed by atoms with van der Waals surface area (Å²) in [7, 11) is 0. The average molecular weight is 143 g/mol. The van der Waals surface area contributed by atoms with E-state index in [1.54, 1.807) is 0 Å². The molecule has 1 aliphatic rings. The molecule has 1 aliphatic heterocycles. The fourth-order valence-corrected chi connectivity index (χ4v) is 1.39. The first-order chi connectivity index (χ1) is 4.77. The van der Waals surface area contributed by atoms with Crippen molar-refractivity contribution >= 4 is 5.91 Å². The number of hydrogen-bond acceptors (Lipinski definition) is 2. The number of aliphatic hydroxyl groups excluding tert-OH is 1. The summed E-state index contributed by atoms with van der Waals surface area (Å²) in [4.78, 5) is 10.8. The number of nitrogens with one attached hydrogen (secondary N) is 1. The number of amides is 1. The van der Waals surface area contributed by atoms with Crippen LogP contribution in [-0.2, 0) is 4.79 Å². The van der Waals surface area contributed by atoms with Gasteiger partial charge < -0.3 is 10.4 Å². The molecule has 0 spiro atoms. The predicted octanol–water partition coefficient (Wildman–Crippen LogP) is -0.107. The fraction of sp³-hybridized carbons (Fsp3) is 0.857. The van der Waals surface area contributed by atoms with E-state index in [0.29, 0.717) is 12.3 Å². The molecule has 1 rings (SSSR count). The van der Waals surface area contributed by atoms with Gasteiger partial charge in [0.25, 0.3) is 0 Å². The largest absolute Gasteiger partial charge is 0.394 e. The van der Waals surface area contributed by atoms with Gasteiger partial charge in [-0.3, -0.25) is 4.79 Å². The van der Waals surface area contributed by atoms with Crippen molar-refractivity contribution in [1.29, 1.82) is 0 Å². The molecule has 2 N–H and O–H groups in total. The van der Waals surface area contributed by atoms with Crippen molar-refractivity contribution in [3.05, 3.63) is 0 Å². The van der Waals surface area contributed by atoms with Crippen molar-refractivity contribution in [1.82, 2.24) is 5.32 Å². The number of carbonyl (C=O) groups is 1. The van der Waals surface area contributed by atoms with Gasteiger partial charge >= 0.3 is 0 Å². The second kappa shape index (κ2) is 3.01. The highest BCUT2D eigenvalue weighted by atomic mass is 16.3. The molecule has 3 nitrogen and oxygen atoms in total. The predicted molar refractivity (Wildman–Crippen MR) is 37.4 cm³/mol. The SMILES string of the molecule is CC[C@@H]1CC(=O)NC1CO. The van der Waals surface area contributed by atoms with Crippen LogP contribution in [-0.4, -0.2) is 23.7 Å². The van der Waals surface area contributed by atoms with Gasteiger partial charge in [-0.25, -0.2) is 0 Å². The summed E-state index contributed by atoms with van der Waals surface area (Å²) in [5, 5.41) is 11.5. The summed E-state index contributed by atoms with van der Waals surface area (Å²) >= 11 is 0. The Morgan fingerprint density at radius 1 is 1.80 bits per heavy atom. The fourth-order valence-electron chi connectivity index (χ4n) is 1.39. The van der Waals surface area contributed by atoms with Gasteiger partial charge in [-0.2, -0.15) is 0 Å². The molecule has 0 aromatic carbocycles.